The number of nitrogens with one attached hydrogen (secondary N) is 1. The number of hydrogen-bond acceptors (Lipinski definition) is 3. The van der Waals surface area contributed by atoms with Crippen molar-refractivity contribution < 1.29 is 9.53 Å². The standard InChI is InChI=1S/C19H17BrN2O2/c1-13(2)24-18-9-3-14(4-10-18)11-15(12-21)19(23)22-17-7-5-16(20)6-8-17/h3-11,13H,1-2H3,(H,22,23)/b15-11-. The zero-order valence-electron chi connectivity index (χ0n) is 13.4. The topological polar surface area (TPSA) is 62.1 Å². The van der Waals surface area contributed by atoms with Gasteiger partial charge in [-0.1, -0.05) is 28.1 Å². The van der Waals surface area contributed by atoms with Crippen LogP contribution in [0.25, 0.3) is 6.08 Å². The number of nitrogens with zero attached hydrogens (tertiary/aromatic N) is 1. The minimum Gasteiger partial charge on any atom is -0.491 e. The maximum absolute atomic E-state index is 12.2. The third-order valence-corrected chi connectivity index (χ3v) is 3.56. The fraction of sp³-hybridized carbons (Fsp3) is 0.158. The Morgan fingerprint density at radius 2 is 1.79 bits per heavy atom. The van der Waals surface area contributed by atoms with Crippen molar-refractivity contribution >= 4 is 33.6 Å². The minimum absolute atomic E-state index is 0.0375. The lowest BCUT2D eigenvalue weighted by Crippen LogP contribution is -2.13. The number of rotatable bonds is 5. The molecule has 0 saturated heterocycles. The Balaban J connectivity index is 2.11. The van der Waals surface area contributed by atoms with Gasteiger partial charge in [-0.05, 0) is 61.9 Å². The van der Waals surface area contributed by atoms with Crippen molar-refractivity contribution in [2.45, 2.75) is 20.0 Å². The fourth-order valence-electron chi connectivity index (χ4n) is 1.96. The van der Waals surface area contributed by atoms with Crippen molar-refractivity contribution in [3.8, 4) is 11.8 Å². The van der Waals surface area contributed by atoms with E-state index in [-0.39, 0.29) is 11.7 Å². The van der Waals surface area contributed by atoms with Gasteiger partial charge in [0, 0.05) is 10.2 Å². The molecule has 4 nitrogen and oxygen atoms in total. The zero-order valence-corrected chi connectivity index (χ0v) is 15.0. The Hall–Kier alpha value is -2.58. The molecule has 0 atom stereocenters. The van der Waals surface area contributed by atoms with E-state index in [1.807, 2.05) is 56.3 Å². The summed E-state index contributed by atoms with van der Waals surface area (Å²) in [7, 11) is 0. The van der Waals surface area contributed by atoms with Gasteiger partial charge in [0.1, 0.15) is 17.4 Å². The lowest BCUT2D eigenvalue weighted by Gasteiger charge is -2.09. The SMILES string of the molecule is CC(C)Oc1ccc(/C=C(/C#N)C(=O)Nc2ccc(Br)cc2)cc1. The third kappa shape index (κ3) is 5.25. The lowest BCUT2D eigenvalue weighted by atomic mass is 10.1. The van der Waals surface area contributed by atoms with Crippen LogP contribution in [0.15, 0.2) is 58.6 Å². The maximum atomic E-state index is 12.2. The predicted octanol–water partition coefficient (Wildman–Crippen LogP) is 4.78. The average molecular weight is 385 g/mol. The number of nitriles is 1. The monoisotopic (exact) mass is 384 g/mol. The number of ether oxygens (including phenoxy) is 1. The largest absolute Gasteiger partial charge is 0.491 e. The van der Waals surface area contributed by atoms with Crippen molar-refractivity contribution in [1.82, 2.24) is 0 Å². The van der Waals surface area contributed by atoms with Crippen LogP contribution in [-0.2, 0) is 4.79 Å². The van der Waals surface area contributed by atoms with Crippen LogP contribution in [0.4, 0.5) is 5.69 Å². The summed E-state index contributed by atoms with van der Waals surface area (Å²) in [6.07, 6.45) is 1.64. The first-order valence-corrected chi connectivity index (χ1v) is 8.22. The molecule has 5 heteroatoms. The van der Waals surface area contributed by atoms with E-state index in [1.54, 1.807) is 18.2 Å². The Morgan fingerprint density at radius 3 is 2.33 bits per heavy atom. The van der Waals surface area contributed by atoms with Crippen LogP contribution in [-0.4, -0.2) is 12.0 Å². The number of anilines is 1. The van der Waals surface area contributed by atoms with Crippen molar-refractivity contribution in [2.24, 2.45) is 0 Å². The Kier molecular flexibility index (Phi) is 6.16. The molecule has 0 heterocycles. The van der Waals surface area contributed by atoms with E-state index in [4.69, 9.17) is 4.74 Å². The second-order valence-electron chi connectivity index (χ2n) is 5.37. The molecule has 2 aromatic carbocycles. The van der Waals surface area contributed by atoms with Crippen LogP contribution in [0.1, 0.15) is 19.4 Å². The van der Waals surface area contributed by atoms with Crippen molar-refractivity contribution in [2.75, 3.05) is 5.32 Å². The van der Waals surface area contributed by atoms with E-state index >= 15 is 0 Å². The highest BCUT2D eigenvalue weighted by molar-refractivity contribution is 9.10. The van der Waals surface area contributed by atoms with E-state index in [9.17, 15) is 10.1 Å². The van der Waals surface area contributed by atoms with Gasteiger partial charge in [0.25, 0.3) is 5.91 Å². The van der Waals surface area contributed by atoms with Crippen molar-refractivity contribution in [1.29, 1.82) is 5.26 Å². The fourth-order valence-corrected chi connectivity index (χ4v) is 2.23. The highest BCUT2D eigenvalue weighted by Crippen LogP contribution is 2.17. The maximum Gasteiger partial charge on any atom is 0.266 e. The molecule has 0 radical (unpaired) electrons. The van der Waals surface area contributed by atoms with Crippen LogP contribution in [0, 0.1) is 11.3 Å². The molecule has 1 N–H and O–H groups in total. The highest BCUT2D eigenvalue weighted by Gasteiger charge is 2.09. The molecular weight excluding hydrogens is 368 g/mol. The Morgan fingerprint density at radius 1 is 1.17 bits per heavy atom. The predicted molar refractivity (Wildman–Crippen MR) is 98.6 cm³/mol. The van der Waals surface area contributed by atoms with Gasteiger partial charge >= 0.3 is 0 Å². The van der Waals surface area contributed by atoms with Crippen LogP contribution < -0.4 is 10.1 Å². The quantitative estimate of drug-likeness (QED) is 0.595. The van der Waals surface area contributed by atoms with Crippen LogP contribution in [0.2, 0.25) is 0 Å². The van der Waals surface area contributed by atoms with Crippen LogP contribution in [0.5, 0.6) is 5.75 Å². The smallest absolute Gasteiger partial charge is 0.266 e. The molecule has 2 aromatic rings. The molecule has 1 amide bonds. The number of amides is 1. The molecule has 0 aliphatic carbocycles. The summed E-state index contributed by atoms with van der Waals surface area (Å²) in [5, 5.41) is 11.9. The van der Waals surface area contributed by atoms with Gasteiger partial charge in [-0.3, -0.25) is 4.79 Å². The van der Waals surface area contributed by atoms with Gasteiger partial charge in [-0.25, -0.2) is 0 Å². The normalized spacial score (nSPS) is 11.0. The van der Waals surface area contributed by atoms with Crippen molar-refractivity contribution in [3.05, 3.63) is 64.1 Å². The molecule has 0 bridgehead atoms. The van der Waals surface area contributed by atoms with E-state index in [2.05, 4.69) is 21.2 Å². The van der Waals surface area contributed by atoms with Crippen LogP contribution >= 0.6 is 15.9 Å². The number of halogens is 1. The summed E-state index contributed by atoms with van der Waals surface area (Å²) >= 11 is 3.33. The first-order chi connectivity index (χ1) is 11.5. The Bertz CT molecular complexity index is 773. The first kappa shape index (κ1) is 17.8. The van der Waals surface area contributed by atoms with Gasteiger partial charge in [0.05, 0.1) is 6.10 Å². The summed E-state index contributed by atoms with van der Waals surface area (Å²) in [5.41, 5.74) is 1.43. The molecule has 0 aromatic heterocycles. The van der Waals surface area contributed by atoms with Gasteiger partial charge < -0.3 is 10.1 Å². The number of benzene rings is 2. The van der Waals surface area contributed by atoms with Gasteiger partial charge in [-0.15, -0.1) is 0 Å². The van der Waals surface area contributed by atoms with E-state index in [0.717, 1.165) is 15.8 Å². The second-order valence-corrected chi connectivity index (χ2v) is 6.28. The summed E-state index contributed by atoms with van der Waals surface area (Å²) in [4.78, 5) is 12.2. The number of carbonyl (C=O) groups is 1. The molecular formula is C19H17BrN2O2. The molecule has 0 aliphatic heterocycles. The summed E-state index contributed by atoms with van der Waals surface area (Å²) < 4.78 is 6.48. The van der Waals surface area contributed by atoms with Gasteiger partial charge in [-0.2, -0.15) is 5.26 Å². The first-order valence-electron chi connectivity index (χ1n) is 7.43. The minimum atomic E-state index is -0.442. The molecule has 24 heavy (non-hydrogen) atoms. The molecule has 122 valence electrons. The van der Waals surface area contributed by atoms with Gasteiger partial charge in [0.2, 0.25) is 0 Å². The average Bonchev–Trinajstić information content (AvgIpc) is 2.55. The summed E-state index contributed by atoms with van der Waals surface area (Å²) in [5.74, 6) is 0.308. The zero-order chi connectivity index (χ0) is 17.5. The second kappa shape index (κ2) is 8.32. The Labute approximate surface area is 149 Å². The van der Waals surface area contributed by atoms with E-state index < -0.39 is 5.91 Å². The molecule has 0 unspecified atom stereocenters. The van der Waals surface area contributed by atoms with Crippen molar-refractivity contribution in [3.63, 3.8) is 0 Å². The molecule has 2 rings (SSSR count). The van der Waals surface area contributed by atoms with E-state index in [1.165, 1.54) is 0 Å². The summed E-state index contributed by atoms with van der Waals surface area (Å²) in [6.45, 7) is 3.90. The number of hydrogen-bond donors (Lipinski definition) is 1. The highest BCUT2D eigenvalue weighted by atomic mass is 79.9. The molecule has 0 spiro atoms. The number of carbonyl (C=O) groups excluding carboxylic acids is 1. The third-order valence-electron chi connectivity index (χ3n) is 3.03. The molecule has 0 aliphatic rings. The van der Waals surface area contributed by atoms with Crippen LogP contribution in [0.3, 0.4) is 0 Å². The summed E-state index contributed by atoms with van der Waals surface area (Å²) in [6, 6.07) is 16.3. The lowest BCUT2D eigenvalue weighted by molar-refractivity contribution is -0.112. The van der Waals surface area contributed by atoms with E-state index in [0.29, 0.717) is 5.69 Å². The molecule has 0 saturated carbocycles. The van der Waals surface area contributed by atoms with Gasteiger partial charge in [0.15, 0.2) is 0 Å². The molecule has 0 fully saturated rings.